The van der Waals surface area contributed by atoms with Crippen LogP contribution in [0.15, 0.2) is 12.7 Å². The van der Waals surface area contributed by atoms with Crippen LogP contribution < -0.4 is 0 Å². The van der Waals surface area contributed by atoms with Crippen LogP contribution in [-0.4, -0.2) is 12.6 Å². The summed E-state index contributed by atoms with van der Waals surface area (Å²) in [6.45, 7) is 3.38. The maximum atomic E-state index is 9.94. The van der Waals surface area contributed by atoms with Crippen molar-refractivity contribution in [3.05, 3.63) is 12.7 Å². The summed E-state index contributed by atoms with van der Waals surface area (Å²) in [5, 5.41) is 7.80. The van der Waals surface area contributed by atoms with E-state index in [9.17, 15) is 4.79 Å². The summed E-state index contributed by atoms with van der Waals surface area (Å²) in [5.74, 6) is -0.870. The number of carbonyl (C=O) groups is 1. The predicted molar refractivity (Wildman–Crippen MR) is 26.8 cm³/mol. The fourth-order valence-corrected chi connectivity index (χ4v) is 0.167. The van der Waals surface area contributed by atoms with Crippen molar-refractivity contribution in [1.82, 2.24) is 0 Å². The highest BCUT2D eigenvalue weighted by Crippen LogP contribution is 1.73. The van der Waals surface area contributed by atoms with Gasteiger partial charge >= 0.3 is 5.97 Å². The Hall–Kier alpha value is -1.30. The molecule has 0 fully saturated rings. The summed E-state index contributed by atoms with van der Waals surface area (Å²) in [4.78, 5) is 9.94. The molecule has 0 amide bonds. The largest absolute Gasteiger partial charge is 0.450 e. The van der Waals surface area contributed by atoms with E-state index in [2.05, 4.69) is 11.3 Å². The maximum Gasteiger partial charge on any atom is 0.411 e. The van der Waals surface area contributed by atoms with E-state index >= 15 is 0 Å². The summed E-state index contributed by atoms with van der Waals surface area (Å²) < 4.78 is 4.22. The van der Waals surface area contributed by atoms with Crippen LogP contribution in [-0.2, 0) is 9.53 Å². The standard InChI is InChI=1S/C5H5NO2/c1-2-3-8-5(7)4-6/h2H,1,3H2. The van der Waals surface area contributed by atoms with E-state index in [-0.39, 0.29) is 6.61 Å². The Labute approximate surface area is 47.2 Å². The van der Waals surface area contributed by atoms with Gasteiger partial charge in [-0.1, -0.05) is 12.7 Å². The summed E-state index contributed by atoms with van der Waals surface area (Å²) in [7, 11) is 0. The number of esters is 1. The quantitative estimate of drug-likeness (QED) is 0.291. The molecule has 0 radical (unpaired) electrons. The minimum absolute atomic E-state index is 0.104. The number of hydrogen-bond acceptors (Lipinski definition) is 3. The first-order chi connectivity index (χ1) is 3.81. The predicted octanol–water partition coefficient (Wildman–Crippen LogP) is 0.239. The molecule has 0 rings (SSSR count). The van der Waals surface area contributed by atoms with Crippen molar-refractivity contribution in [2.75, 3.05) is 6.61 Å². The first kappa shape index (κ1) is 6.70. The Morgan fingerprint density at radius 2 is 2.62 bits per heavy atom. The van der Waals surface area contributed by atoms with Gasteiger partial charge in [0.2, 0.25) is 0 Å². The van der Waals surface area contributed by atoms with Crippen molar-refractivity contribution >= 4 is 5.97 Å². The fraction of sp³-hybridized carbons (Fsp3) is 0.200. The molecule has 0 aliphatic carbocycles. The molecule has 0 bridgehead atoms. The highest BCUT2D eigenvalue weighted by atomic mass is 16.5. The molecule has 0 heterocycles. The van der Waals surface area contributed by atoms with Gasteiger partial charge in [-0.15, -0.1) is 0 Å². The summed E-state index contributed by atoms with van der Waals surface area (Å²) in [5.41, 5.74) is 0. The number of nitrogens with zero attached hydrogens (tertiary/aromatic N) is 1. The van der Waals surface area contributed by atoms with Crippen molar-refractivity contribution in [2.45, 2.75) is 0 Å². The van der Waals surface area contributed by atoms with Gasteiger partial charge in [0, 0.05) is 0 Å². The van der Waals surface area contributed by atoms with Gasteiger partial charge in [0.1, 0.15) is 6.61 Å². The monoisotopic (exact) mass is 111 g/mol. The molecule has 0 saturated heterocycles. The van der Waals surface area contributed by atoms with E-state index < -0.39 is 5.97 Å². The molecule has 0 N–H and O–H groups in total. The van der Waals surface area contributed by atoms with E-state index in [1.165, 1.54) is 12.1 Å². The number of nitriles is 1. The van der Waals surface area contributed by atoms with Crippen LogP contribution in [0.2, 0.25) is 0 Å². The van der Waals surface area contributed by atoms with Crippen molar-refractivity contribution in [3.8, 4) is 6.07 Å². The molecule has 0 saturated carbocycles. The molecule has 0 aromatic rings. The van der Waals surface area contributed by atoms with Crippen molar-refractivity contribution in [2.24, 2.45) is 0 Å². The van der Waals surface area contributed by atoms with Gasteiger partial charge in [-0.2, -0.15) is 5.26 Å². The van der Waals surface area contributed by atoms with E-state index in [1.54, 1.807) is 0 Å². The maximum absolute atomic E-state index is 9.94. The van der Waals surface area contributed by atoms with Gasteiger partial charge in [-0.25, -0.2) is 4.79 Å². The molecular weight excluding hydrogens is 106 g/mol. The second-order valence-corrected chi connectivity index (χ2v) is 0.999. The highest BCUT2D eigenvalue weighted by molar-refractivity contribution is 5.85. The van der Waals surface area contributed by atoms with E-state index in [0.29, 0.717) is 0 Å². The SMILES string of the molecule is C=CCOC(=O)C#N. The Kier molecular flexibility index (Phi) is 3.25. The van der Waals surface area contributed by atoms with Crippen LogP contribution in [0, 0.1) is 11.3 Å². The zero-order valence-corrected chi connectivity index (χ0v) is 4.26. The normalized spacial score (nSPS) is 6.88. The number of ether oxygens (including phenoxy) is 1. The minimum Gasteiger partial charge on any atom is -0.450 e. The molecule has 0 spiro atoms. The zero-order valence-electron chi connectivity index (χ0n) is 4.26. The average Bonchev–Trinajstić information content (AvgIpc) is 1.83. The van der Waals surface area contributed by atoms with Crippen LogP contribution in [0.25, 0.3) is 0 Å². The Morgan fingerprint density at radius 3 is 3.00 bits per heavy atom. The van der Waals surface area contributed by atoms with Crippen LogP contribution in [0.4, 0.5) is 0 Å². The third-order valence-electron chi connectivity index (χ3n) is 0.424. The molecule has 0 aromatic carbocycles. The van der Waals surface area contributed by atoms with Crippen molar-refractivity contribution in [1.29, 1.82) is 5.26 Å². The molecule has 0 atom stereocenters. The lowest BCUT2D eigenvalue weighted by Crippen LogP contribution is -1.99. The van der Waals surface area contributed by atoms with Gasteiger partial charge in [-0.3, -0.25) is 0 Å². The summed E-state index contributed by atoms with van der Waals surface area (Å²) in [6, 6.07) is 1.29. The molecule has 0 aliphatic heterocycles. The third kappa shape index (κ3) is 2.91. The molecular formula is C5H5NO2. The lowest BCUT2D eigenvalue weighted by molar-refractivity contribution is -0.135. The zero-order chi connectivity index (χ0) is 6.41. The molecule has 8 heavy (non-hydrogen) atoms. The lowest BCUT2D eigenvalue weighted by atomic mass is 10.7. The fourth-order valence-electron chi connectivity index (χ4n) is 0.167. The van der Waals surface area contributed by atoms with Crippen LogP contribution in [0.5, 0.6) is 0 Å². The van der Waals surface area contributed by atoms with Crippen LogP contribution in [0.1, 0.15) is 0 Å². The van der Waals surface area contributed by atoms with Gasteiger partial charge in [-0.05, 0) is 0 Å². The summed E-state index contributed by atoms with van der Waals surface area (Å²) >= 11 is 0. The van der Waals surface area contributed by atoms with Gasteiger partial charge < -0.3 is 4.74 Å². The second kappa shape index (κ2) is 3.88. The van der Waals surface area contributed by atoms with Crippen molar-refractivity contribution in [3.63, 3.8) is 0 Å². The number of carbonyl (C=O) groups excluding carboxylic acids is 1. The lowest BCUT2D eigenvalue weighted by Gasteiger charge is -1.88. The van der Waals surface area contributed by atoms with Crippen LogP contribution >= 0.6 is 0 Å². The van der Waals surface area contributed by atoms with E-state index in [4.69, 9.17) is 5.26 Å². The Morgan fingerprint density at radius 1 is 2.00 bits per heavy atom. The topological polar surface area (TPSA) is 50.1 Å². The Balaban J connectivity index is 3.29. The van der Waals surface area contributed by atoms with Crippen molar-refractivity contribution < 1.29 is 9.53 Å². The molecule has 0 aliphatic rings. The molecule has 0 unspecified atom stereocenters. The van der Waals surface area contributed by atoms with E-state index in [0.717, 1.165) is 0 Å². The number of hydrogen-bond donors (Lipinski definition) is 0. The van der Waals surface area contributed by atoms with Gasteiger partial charge in [0.05, 0.1) is 0 Å². The first-order valence-corrected chi connectivity index (χ1v) is 1.99. The second-order valence-electron chi connectivity index (χ2n) is 0.999. The smallest absolute Gasteiger partial charge is 0.411 e. The summed E-state index contributed by atoms with van der Waals surface area (Å²) in [6.07, 6.45) is 1.40. The minimum atomic E-state index is -0.870. The number of rotatable bonds is 2. The van der Waals surface area contributed by atoms with Gasteiger partial charge in [0.15, 0.2) is 6.07 Å². The first-order valence-electron chi connectivity index (χ1n) is 1.99. The average molecular weight is 111 g/mol. The Bertz CT molecular complexity index is 134. The molecule has 0 aromatic heterocycles. The van der Waals surface area contributed by atoms with Gasteiger partial charge in [0.25, 0.3) is 0 Å². The highest BCUT2D eigenvalue weighted by Gasteiger charge is 1.92. The molecule has 3 heteroatoms. The third-order valence-corrected chi connectivity index (χ3v) is 0.424. The van der Waals surface area contributed by atoms with E-state index in [1.807, 2.05) is 0 Å². The molecule has 3 nitrogen and oxygen atoms in total. The van der Waals surface area contributed by atoms with Crippen LogP contribution in [0.3, 0.4) is 0 Å². The molecule has 42 valence electrons.